The lowest BCUT2D eigenvalue weighted by Gasteiger charge is -2.18. The van der Waals surface area contributed by atoms with Gasteiger partial charge in [0.25, 0.3) is 0 Å². The third-order valence-electron chi connectivity index (χ3n) is 5.65. The molecule has 0 saturated carbocycles. The fraction of sp³-hybridized carbons (Fsp3) is 0.385. The number of benzene rings is 1. The number of urea groups is 1. The quantitative estimate of drug-likeness (QED) is 0.196. The lowest BCUT2D eigenvalue weighted by atomic mass is 10.1. The maximum absolute atomic E-state index is 13.1. The highest BCUT2D eigenvalue weighted by Gasteiger charge is 2.46. The molecule has 2 aromatic rings. The zero-order valence-electron chi connectivity index (χ0n) is 20.6. The Morgan fingerprint density at radius 1 is 0.971 bits per heavy atom. The van der Waals surface area contributed by atoms with Crippen LogP contribution in [0.2, 0.25) is 0 Å². The van der Waals surface area contributed by atoms with Crippen molar-refractivity contribution in [1.82, 2.24) is 9.47 Å². The molecule has 35 heavy (non-hydrogen) atoms. The van der Waals surface area contributed by atoms with Gasteiger partial charge in [0.2, 0.25) is 0 Å². The number of Topliss-reactive ketones (excluding diaryl/α,β-unsaturated/α-hetero) is 1. The van der Waals surface area contributed by atoms with E-state index in [1.54, 1.807) is 25.1 Å². The van der Waals surface area contributed by atoms with E-state index < -0.39 is 30.2 Å². The summed E-state index contributed by atoms with van der Waals surface area (Å²) in [6, 6.07) is 5.44. The van der Waals surface area contributed by atoms with Crippen molar-refractivity contribution in [2.24, 2.45) is 0 Å². The lowest BCUT2D eigenvalue weighted by Crippen LogP contribution is -2.37. The maximum Gasteiger partial charge on any atom is 0.339 e. The number of carbonyl (C=O) groups excluding carboxylic acids is 4. The largest absolute Gasteiger partial charge is 0.490 e. The normalized spacial score (nSPS) is 13.5. The summed E-state index contributed by atoms with van der Waals surface area (Å²) in [6.07, 6.45) is 3.27. The van der Waals surface area contributed by atoms with Crippen molar-refractivity contribution < 1.29 is 28.7 Å². The van der Waals surface area contributed by atoms with E-state index in [1.807, 2.05) is 25.3 Å². The Kier molecular flexibility index (Phi) is 8.11. The summed E-state index contributed by atoms with van der Waals surface area (Å²) in [7, 11) is 0. The van der Waals surface area contributed by atoms with E-state index in [-0.39, 0.29) is 5.69 Å². The number of carbonyl (C=O) groups is 4. The highest BCUT2D eigenvalue weighted by atomic mass is 16.5. The number of amides is 4. The van der Waals surface area contributed by atoms with Gasteiger partial charge < -0.3 is 14.0 Å². The van der Waals surface area contributed by atoms with E-state index in [0.717, 1.165) is 23.4 Å². The number of imide groups is 2. The number of ketones is 1. The number of hydrogen-bond acceptors (Lipinski definition) is 6. The van der Waals surface area contributed by atoms with Gasteiger partial charge >= 0.3 is 17.8 Å². The molecule has 0 unspecified atom stereocenters. The van der Waals surface area contributed by atoms with Crippen LogP contribution < -0.4 is 14.4 Å². The number of aryl methyl sites for hydroxylation is 1. The zero-order valence-corrected chi connectivity index (χ0v) is 20.6. The molecule has 1 saturated heterocycles. The summed E-state index contributed by atoms with van der Waals surface area (Å²) in [5.74, 6) is -1.65. The smallest absolute Gasteiger partial charge is 0.339 e. The van der Waals surface area contributed by atoms with E-state index in [9.17, 15) is 19.2 Å². The fourth-order valence-corrected chi connectivity index (χ4v) is 3.89. The Bertz CT molecular complexity index is 1170. The molecule has 3 rings (SSSR count). The number of hydrogen-bond donors (Lipinski definition) is 0. The predicted molar refractivity (Wildman–Crippen MR) is 131 cm³/mol. The van der Waals surface area contributed by atoms with Crippen molar-refractivity contribution >= 4 is 29.3 Å². The highest BCUT2D eigenvalue weighted by Crippen LogP contribution is 2.34. The number of rotatable bonds is 12. The molecule has 2 heterocycles. The van der Waals surface area contributed by atoms with Crippen LogP contribution in [0.15, 0.2) is 36.9 Å². The Morgan fingerprint density at radius 3 is 2.26 bits per heavy atom. The van der Waals surface area contributed by atoms with E-state index >= 15 is 0 Å². The van der Waals surface area contributed by atoms with Crippen LogP contribution in [0.1, 0.15) is 48.4 Å². The third-order valence-corrected chi connectivity index (χ3v) is 5.65. The molecule has 0 atom stereocenters. The number of anilines is 1. The maximum atomic E-state index is 13.1. The van der Waals surface area contributed by atoms with Crippen LogP contribution in [0.3, 0.4) is 0 Å². The van der Waals surface area contributed by atoms with Gasteiger partial charge in [-0.15, -0.1) is 6.58 Å². The van der Waals surface area contributed by atoms with Gasteiger partial charge in [0.1, 0.15) is 0 Å². The van der Waals surface area contributed by atoms with Crippen LogP contribution in [-0.4, -0.2) is 52.9 Å². The van der Waals surface area contributed by atoms with Crippen molar-refractivity contribution in [1.29, 1.82) is 0 Å². The van der Waals surface area contributed by atoms with Crippen LogP contribution in [0.4, 0.5) is 10.5 Å². The van der Waals surface area contributed by atoms with Gasteiger partial charge in [0, 0.05) is 29.6 Å². The third kappa shape index (κ3) is 5.13. The number of allylic oxidation sites excluding steroid dienone is 1. The molecule has 9 nitrogen and oxygen atoms in total. The summed E-state index contributed by atoms with van der Waals surface area (Å²) < 4.78 is 13.3. The average Bonchev–Trinajstić information content (AvgIpc) is 3.24. The lowest BCUT2D eigenvalue weighted by molar-refractivity contribution is -0.139. The average molecular weight is 482 g/mol. The van der Waals surface area contributed by atoms with Crippen LogP contribution in [0.5, 0.6) is 11.5 Å². The SMILES string of the molecule is C=CCn1c(C)cc(C(=O)CN2C(=O)C(=O)N(c3ccc(OCCC)c(OCCC)c3)C2=O)c1C. The first-order valence-corrected chi connectivity index (χ1v) is 11.6. The first-order chi connectivity index (χ1) is 16.7. The Morgan fingerprint density at radius 2 is 1.63 bits per heavy atom. The minimum atomic E-state index is -1.05. The van der Waals surface area contributed by atoms with Gasteiger partial charge in [0.05, 0.1) is 25.4 Å². The molecule has 0 aliphatic carbocycles. The molecule has 1 aliphatic rings. The zero-order chi connectivity index (χ0) is 25.7. The molecule has 1 fully saturated rings. The summed E-state index contributed by atoms with van der Waals surface area (Å²) in [6.45, 7) is 12.2. The molecule has 0 N–H and O–H groups in total. The molecule has 1 aliphatic heterocycles. The summed E-state index contributed by atoms with van der Waals surface area (Å²) in [5, 5.41) is 0. The Labute approximate surface area is 204 Å². The van der Waals surface area contributed by atoms with E-state index in [2.05, 4.69) is 6.58 Å². The van der Waals surface area contributed by atoms with Crippen molar-refractivity contribution in [3.63, 3.8) is 0 Å². The molecule has 9 heteroatoms. The van der Waals surface area contributed by atoms with Crippen molar-refractivity contribution in [3.8, 4) is 11.5 Å². The van der Waals surface area contributed by atoms with Crippen LogP contribution in [0.25, 0.3) is 0 Å². The number of ether oxygens (including phenoxy) is 2. The minimum absolute atomic E-state index is 0.169. The minimum Gasteiger partial charge on any atom is -0.490 e. The Balaban J connectivity index is 1.86. The van der Waals surface area contributed by atoms with Crippen molar-refractivity contribution in [2.45, 2.75) is 47.1 Å². The monoisotopic (exact) mass is 481 g/mol. The standard InChI is InChI=1S/C26H31N3O6/c1-6-11-27-17(4)14-20(18(27)5)21(30)16-28-24(31)25(32)29(26(28)33)19-9-10-22(34-12-7-2)23(15-19)35-13-8-3/h6,9-10,14-15H,1,7-8,11-13,16H2,2-5H3. The van der Waals surface area contributed by atoms with Gasteiger partial charge in [-0.05, 0) is 44.9 Å². The topological polar surface area (TPSA) is 98.2 Å². The molecule has 186 valence electrons. The molecule has 0 radical (unpaired) electrons. The van der Waals surface area contributed by atoms with Crippen molar-refractivity contribution in [2.75, 3.05) is 24.7 Å². The predicted octanol–water partition coefficient (Wildman–Crippen LogP) is 4.05. The number of aromatic nitrogens is 1. The molecular formula is C26H31N3O6. The number of nitrogens with zero attached hydrogens (tertiary/aromatic N) is 3. The first-order valence-electron chi connectivity index (χ1n) is 11.6. The summed E-state index contributed by atoms with van der Waals surface area (Å²) in [4.78, 5) is 53.0. The molecule has 1 aromatic carbocycles. The second-order valence-corrected chi connectivity index (χ2v) is 8.25. The van der Waals surface area contributed by atoms with Crippen molar-refractivity contribution in [3.05, 3.63) is 53.9 Å². The molecule has 4 amide bonds. The van der Waals surface area contributed by atoms with Gasteiger partial charge in [-0.2, -0.15) is 0 Å². The molecule has 1 aromatic heterocycles. The molecule has 0 spiro atoms. The van der Waals surface area contributed by atoms with Crippen LogP contribution >= 0.6 is 0 Å². The summed E-state index contributed by atoms with van der Waals surface area (Å²) >= 11 is 0. The van der Waals surface area contributed by atoms with Gasteiger partial charge in [-0.3, -0.25) is 14.4 Å². The van der Waals surface area contributed by atoms with Crippen LogP contribution in [-0.2, 0) is 16.1 Å². The Hall–Kier alpha value is -3.88. The highest BCUT2D eigenvalue weighted by molar-refractivity contribution is 6.53. The van der Waals surface area contributed by atoms with Gasteiger partial charge in [-0.1, -0.05) is 19.9 Å². The van der Waals surface area contributed by atoms with Crippen LogP contribution in [0, 0.1) is 13.8 Å². The van der Waals surface area contributed by atoms with E-state index in [4.69, 9.17) is 9.47 Å². The van der Waals surface area contributed by atoms with Gasteiger partial charge in [0.15, 0.2) is 17.3 Å². The molecular weight excluding hydrogens is 450 g/mol. The van der Waals surface area contributed by atoms with E-state index in [0.29, 0.717) is 47.4 Å². The fourth-order valence-electron chi connectivity index (χ4n) is 3.89. The first kappa shape index (κ1) is 25.7. The van der Waals surface area contributed by atoms with Gasteiger partial charge in [-0.25, -0.2) is 14.6 Å². The van der Waals surface area contributed by atoms with E-state index in [1.165, 1.54) is 12.1 Å². The second-order valence-electron chi connectivity index (χ2n) is 8.25. The molecule has 0 bridgehead atoms. The summed E-state index contributed by atoms with van der Waals surface area (Å²) in [5.41, 5.74) is 2.12. The second kappa shape index (κ2) is 11.0.